The fraction of sp³-hybridized carbons (Fsp3) is 0.500. The van der Waals surface area contributed by atoms with E-state index in [-0.39, 0.29) is 12.4 Å². The van der Waals surface area contributed by atoms with Crippen molar-refractivity contribution in [2.24, 2.45) is 4.99 Å². The molecule has 1 aliphatic rings. The van der Waals surface area contributed by atoms with Crippen LogP contribution in [-0.4, -0.2) is 52.7 Å². The van der Waals surface area contributed by atoms with Gasteiger partial charge in [-0.15, -0.1) is 0 Å². The zero-order valence-electron chi connectivity index (χ0n) is 6.63. The van der Waals surface area contributed by atoms with Crippen molar-refractivity contribution in [2.75, 3.05) is 19.6 Å². The number of carboxylic acids is 1. The van der Waals surface area contributed by atoms with E-state index in [4.69, 9.17) is 10.4 Å². The number of carbonyl (C=O) groups excluding carboxylic acids is 1. The summed E-state index contributed by atoms with van der Waals surface area (Å²) in [6, 6.07) is 0. The molecular weight excluding hydrogens is 180 g/mol. The van der Waals surface area contributed by atoms with Gasteiger partial charge in [0.05, 0.1) is 6.54 Å². The highest BCUT2D eigenvalue weighted by molar-refractivity contribution is 6.35. The first kappa shape index (κ1) is 9.46. The number of rotatable bonds is 3. The maximum Gasteiger partial charge on any atom is 0.407 e. The molecule has 0 fully saturated rings. The van der Waals surface area contributed by atoms with Gasteiger partial charge in [-0.1, -0.05) is 0 Å². The van der Waals surface area contributed by atoms with E-state index in [9.17, 15) is 9.59 Å². The molecule has 0 aliphatic carbocycles. The Hall–Kier alpha value is -1.63. The molecular formula is C6H8N2O5. The first-order valence-corrected chi connectivity index (χ1v) is 3.52. The Labute approximate surface area is 73.2 Å². The lowest BCUT2D eigenvalue weighted by Gasteiger charge is -2.14. The van der Waals surface area contributed by atoms with Crippen LogP contribution in [-0.2, 0) is 14.5 Å². The number of aliphatic carboxylic acids is 1. The summed E-state index contributed by atoms with van der Waals surface area (Å²) < 4.78 is 0. The second kappa shape index (κ2) is 3.85. The molecule has 0 amide bonds. The third-order valence-electron chi connectivity index (χ3n) is 1.52. The molecule has 1 rings (SSSR count). The van der Waals surface area contributed by atoms with Crippen LogP contribution >= 0.6 is 0 Å². The summed E-state index contributed by atoms with van der Waals surface area (Å²) in [4.78, 5) is 29.4. The molecule has 0 atom stereocenters. The van der Waals surface area contributed by atoms with E-state index in [1.807, 2.05) is 0 Å². The van der Waals surface area contributed by atoms with Gasteiger partial charge in [0.15, 0.2) is 0 Å². The largest absolute Gasteiger partial charge is 0.480 e. The van der Waals surface area contributed by atoms with E-state index in [0.29, 0.717) is 13.1 Å². The fourth-order valence-corrected chi connectivity index (χ4v) is 1.03. The molecule has 2 N–H and O–H groups in total. The predicted molar refractivity (Wildman–Crippen MR) is 40.2 cm³/mol. The van der Waals surface area contributed by atoms with Crippen LogP contribution in [0, 0.1) is 0 Å². The first-order chi connectivity index (χ1) is 6.15. The van der Waals surface area contributed by atoms with Crippen LogP contribution in [0.5, 0.6) is 0 Å². The summed E-state index contributed by atoms with van der Waals surface area (Å²) in [6.07, 6.45) is 0. The van der Waals surface area contributed by atoms with E-state index in [1.165, 1.54) is 4.90 Å². The predicted octanol–water partition coefficient (Wildman–Crippen LogP) is -1.20. The van der Waals surface area contributed by atoms with Crippen LogP contribution < -0.4 is 0 Å². The molecule has 13 heavy (non-hydrogen) atoms. The average Bonchev–Trinajstić information content (AvgIpc) is 2.50. The molecule has 0 saturated carbocycles. The summed E-state index contributed by atoms with van der Waals surface area (Å²) >= 11 is 0. The normalized spacial score (nSPS) is 15.5. The molecule has 1 aliphatic heterocycles. The Kier molecular flexibility index (Phi) is 2.80. The highest BCUT2D eigenvalue weighted by atomic mass is 17.1. The van der Waals surface area contributed by atoms with Crippen molar-refractivity contribution >= 4 is 17.8 Å². The lowest BCUT2D eigenvalue weighted by Crippen LogP contribution is -2.37. The monoisotopic (exact) mass is 188 g/mol. The topological polar surface area (TPSA) is 99.4 Å². The Balaban J connectivity index is 2.62. The average molecular weight is 188 g/mol. The Morgan fingerprint density at radius 2 is 2.31 bits per heavy atom. The number of carboxylic acid groups (broad SMARTS) is 1. The van der Waals surface area contributed by atoms with E-state index >= 15 is 0 Å². The quantitative estimate of drug-likeness (QED) is 0.426. The molecule has 1 heterocycles. The molecule has 0 spiro atoms. The number of amidine groups is 1. The molecule has 72 valence electrons. The Morgan fingerprint density at radius 1 is 1.62 bits per heavy atom. The van der Waals surface area contributed by atoms with E-state index in [0.717, 1.165) is 0 Å². The molecule has 7 nitrogen and oxygen atoms in total. The maximum atomic E-state index is 10.8. The van der Waals surface area contributed by atoms with Crippen molar-refractivity contribution in [3.8, 4) is 0 Å². The smallest absolute Gasteiger partial charge is 0.407 e. The Bertz CT molecular complexity index is 262. The van der Waals surface area contributed by atoms with Crippen molar-refractivity contribution in [3.63, 3.8) is 0 Å². The number of hydrogen-bond acceptors (Lipinski definition) is 6. The van der Waals surface area contributed by atoms with Gasteiger partial charge in [0.2, 0.25) is 5.84 Å². The van der Waals surface area contributed by atoms with Gasteiger partial charge in [0, 0.05) is 6.54 Å². The SMILES string of the molecule is O=C(O)CN1CCN=C1C(=O)OO. The number of nitrogens with zero attached hydrogens (tertiary/aromatic N) is 2. The van der Waals surface area contributed by atoms with Gasteiger partial charge in [-0.2, -0.15) is 5.26 Å². The highest BCUT2D eigenvalue weighted by Crippen LogP contribution is 2.02. The van der Waals surface area contributed by atoms with Crippen LogP contribution in [0.15, 0.2) is 4.99 Å². The summed E-state index contributed by atoms with van der Waals surface area (Å²) in [5.41, 5.74) is 0. The molecule has 0 saturated heterocycles. The number of hydrogen-bond donors (Lipinski definition) is 2. The molecule has 7 heteroatoms. The van der Waals surface area contributed by atoms with Gasteiger partial charge >= 0.3 is 11.9 Å². The molecule has 0 aromatic rings. The van der Waals surface area contributed by atoms with Crippen LogP contribution in [0.4, 0.5) is 0 Å². The van der Waals surface area contributed by atoms with E-state index in [1.54, 1.807) is 0 Å². The lowest BCUT2D eigenvalue weighted by atomic mass is 10.4. The highest BCUT2D eigenvalue weighted by Gasteiger charge is 2.26. The van der Waals surface area contributed by atoms with Crippen molar-refractivity contribution in [3.05, 3.63) is 0 Å². The molecule has 0 aromatic heterocycles. The van der Waals surface area contributed by atoms with Gasteiger partial charge in [0.1, 0.15) is 6.54 Å². The standard InChI is InChI=1S/C6H8N2O5/c9-4(10)3-8-2-1-7-5(8)6(11)13-12/h12H,1-3H2,(H,9,10). The molecule has 0 bridgehead atoms. The summed E-state index contributed by atoms with van der Waals surface area (Å²) in [7, 11) is 0. The number of carbonyl (C=O) groups is 2. The Morgan fingerprint density at radius 3 is 2.85 bits per heavy atom. The van der Waals surface area contributed by atoms with Gasteiger partial charge in [0.25, 0.3) is 0 Å². The van der Waals surface area contributed by atoms with Crippen molar-refractivity contribution in [1.29, 1.82) is 0 Å². The third-order valence-corrected chi connectivity index (χ3v) is 1.52. The minimum absolute atomic E-state index is 0.148. The minimum atomic E-state index is -1.07. The zero-order chi connectivity index (χ0) is 9.84. The van der Waals surface area contributed by atoms with E-state index in [2.05, 4.69) is 9.88 Å². The lowest BCUT2D eigenvalue weighted by molar-refractivity contribution is -0.226. The summed E-state index contributed by atoms with van der Waals surface area (Å²) in [6.45, 7) is 0.350. The van der Waals surface area contributed by atoms with Crippen LogP contribution in [0.2, 0.25) is 0 Å². The van der Waals surface area contributed by atoms with E-state index < -0.39 is 11.9 Å². The second-order valence-corrected chi connectivity index (χ2v) is 2.40. The summed E-state index contributed by atoms with van der Waals surface area (Å²) in [5, 5.41) is 16.5. The number of aliphatic imine (C=N–C) groups is 1. The van der Waals surface area contributed by atoms with Gasteiger partial charge < -0.3 is 10.0 Å². The van der Waals surface area contributed by atoms with Gasteiger partial charge in [-0.3, -0.25) is 14.7 Å². The molecule has 0 radical (unpaired) electrons. The fourth-order valence-electron chi connectivity index (χ4n) is 1.03. The van der Waals surface area contributed by atoms with Crippen molar-refractivity contribution in [1.82, 2.24) is 4.90 Å². The molecule has 0 aromatic carbocycles. The maximum absolute atomic E-state index is 10.8. The third kappa shape index (κ3) is 2.15. The minimum Gasteiger partial charge on any atom is -0.480 e. The van der Waals surface area contributed by atoms with Gasteiger partial charge in [-0.05, 0) is 0 Å². The van der Waals surface area contributed by atoms with Crippen LogP contribution in [0.1, 0.15) is 0 Å². The zero-order valence-corrected chi connectivity index (χ0v) is 6.63. The second-order valence-electron chi connectivity index (χ2n) is 2.40. The van der Waals surface area contributed by atoms with Crippen molar-refractivity contribution < 1.29 is 24.8 Å². The van der Waals surface area contributed by atoms with Gasteiger partial charge in [-0.25, -0.2) is 4.79 Å². The molecule has 0 unspecified atom stereocenters. The van der Waals surface area contributed by atoms with Crippen LogP contribution in [0.25, 0.3) is 0 Å². The van der Waals surface area contributed by atoms with Crippen LogP contribution in [0.3, 0.4) is 0 Å². The van der Waals surface area contributed by atoms with Crippen molar-refractivity contribution in [2.45, 2.75) is 0 Å². The summed E-state index contributed by atoms with van der Waals surface area (Å²) in [5.74, 6) is -2.25. The first-order valence-electron chi connectivity index (χ1n) is 3.52.